The predicted molar refractivity (Wildman–Crippen MR) is 126 cm³/mol. The molecule has 5 aromatic rings. The van der Waals surface area contributed by atoms with E-state index in [9.17, 15) is 9.59 Å². The number of aromatic amines is 2. The quantitative estimate of drug-likeness (QED) is 0.393. The molecule has 1 aliphatic rings. The van der Waals surface area contributed by atoms with Gasteiger partial charge in [-0.1, -0.05) is 54.6 Å². The van der Waals surface area contributed by atoms with Crippen molar-refractivity contribution in [3.63, 3.8) is 0 Å². The van der Waals surface area contributed by atoms with Crippen LogP contribution >= 0.6 is 0 Å². The molecule has 2 aromatic heterocycles. The molecule has 0 aliphatic heterocycles. The Morgan fingerprint density at radius 1 is 0.844 bits per heavy atom. The Labute approximate surface area is 182 Å². The topological polar surface area (TPSA) is 105 Å². The fourth-order valence-electron chi connectivity index (χ4n) is 4.62. The Balaban J connectivity index is 1.64. The molecule has 0 radical (unpaired) electrons. The fourth-order valence-corrected chi connectivity index (χ4v) is 4.62. The van der Waals surface area contributed by atoms with Gasteiger partial charge in [0.15, 0.2) is 5.58 Å². The molecule has 6 heteroatoms. The molecule has 0 spiro atoms. The molecule has 158 valence electrons. The third-order valence-corrected chi connectivity index (χ3v) is 6.58. The van der Waals surface area contributed by atoms with Crippen LogP contribution in [0.25, 0.3) is 44.5 Å². The van der Waals surface area contributed by atoms with Gasteiger partial charge in [0.2, 0.25) is 5.43 Å². The minimum Gasteiger partial charge on any atom is -0.453 e. The summed E-state index contributed by atoms with van der Waals surface area (Å²) >= 11 is 0. The van der Waals surface area contributed by atoms with Gasteiger partial charge in [-0.15, -0.1) is 0 Å². The van der Waals surface area contributed by atoms with E-state index in [0.29, 0.717) is 33.3 Å². The van der Waals surface area contributed by atoms with Crippen molar-refractivity contribution in [1.82, 2.24) is 9.97 Å². The largest absolute Gasteiger partial charge is 0.453 e. The van der Waals surface area contributed by atoms with E-state index >= 15 is 0 Å². The first kappa shape index (κ1) is 18.8. The maximum absolute atomic E-state index is 13.7. The van der Waals surface area contributed by atoms with E-state index in [2.05, 4.69) is 9.97 Å². The maximum atomic E-state index is 13.7. The summed E-state index contributed by atoms with van der Waals surface area (Å²) in [5.41, 5.74) is 10.3. The van der Waals surface area contributed by atoms with Crippen LogP contribution < -0.4 is 16.9 Å². The van der Waals surface area contributed by atoms with Crippen LogP contribution in [0.3, 0.4) is 0 Å². The molecule has 0 amide bonds. The Hall–Kier alpha value is -3.90. The molecule has 3 aromatic carbocycles. The molecule has 1 aliphatic carbocycles. The summed E-state index contributed by atoms with van der Waals surface area (Å²) in [6, 6.07) is 20.9. The van der Waals surface area contributed by atoms with Crippen LogP contribution in [-0.2, 0) is 5.54 Å². The lowest BCUT2D eigenvalue weighted by atomic mass is 9.72. The van der Waals surface area contributed by atoms with Crippen LogP contribution in [0.1, 0.15) is 24.8 Å². The average Bonchev–Trinajstić information content (AvgIpc) is 3.19. The SMILES string of the molecule is NC1(c2ccc(-c3c(-c4ccccc4)oc4c(ccc5[nH]c(=O)[nH]c54)c3=O)cc2)CCC1. The van der Waals surface area contributed by atoms with Crippen molar-refractivity contribution in [3.8, 4) is 22.5 Å². The second-order valence-corrected chi connectivity index (χ2v) is 8.53. The molecular weight excluding hydrogens is 402 g/mol. The third-order valence-electron chi connectivity index (χ3n) is 6.58. The molecule has 0 unspecified atom stereocenters. The van der Waals surface area contributed by atoms with Gasteiger partial charge in [0.05, 0.1) is 16.5 Å². The van der Waals surface area contributed by atoms with Crippen molar-refractivity contribution in [2.45, 2.75) is 24.8 Å². The Kier molecular flexibility index (Phi) is 4.00. The minimum absolute atomic E-state index is 0.145. The number of fused-ring (bicyclic) bond motifs is 3. The van der Waals surface area contributed by atoms with E-state index < -0.39 is 0 Å². The first-order valence-corrected chi connectivity index (χ1v) is 10.7. The van der Waals surface area contributed by atoms with Gasteiger partial charge in [0.25, 0.3) is 0 Å². The summed E-state index contributed by atoms with van der Waals surface area (Å²) in [6.45, 7) is 0. The zero-order valence-electron chi connectivity index (χ0n) is 17.3. The Bertz CT molecular complexity index is 1590. The molecular formula is C26H21N3O3. The Morgan fingerprint density at radius 3 is 2.28 bits per heavy atom. The van der Waals surface area contributed by atoms with Gasteiger partial charge in [-0.3, -0.25) is 4.79 Å². The fraction of sp³-hybridized carbons (Fsp3) is 0.154. The van der Waals surface area contributed by atoms with Gasteiger partial charge in [0.1, 0.15) is 11.3 Å². The van der Waals surface area contributed by atoms with Crippen LogP contribution in [0.4, 0.5) is 0 Å². The lowest BCUT2D eigenvalue weighted by Crippen LogP contribution is -2.43. The summed E-state index contributed by atoms with van der Waals surface area (Å²) in [4.78, 5) is 31.1. The van der Waals surface area contributed by atoms with E-state index in [4.69, 9.17) is 10.2 Å². The summed E-state index contributed by atoms with van der Waals surface area (Å²) in [7, 11) is 0. The van der Waals surface area contributed by atoms with Gasteiger partial charge >= 0.3 is 5.69 Å². The molecule has 6 rings (SSSR count). The second kappa shape index (κ2) is 6.80. The van der Waals surface area contributed by atoms with Crippen LogP contribution in [0.2, 0.25) is 0 Å². The lowest BCUT2D eigenvalue weighted by molar-refractivity contribution is 0.253. The van der Waals surface area contributed by atoms with Crippen LogP contribution in [0.15, 0.2) is 80.7 Å². The van der Waals surface area contributed by atoms with E-state index in [1.54, 1.807) is 12.1 Å². The first-order valence-electron chi connectivity index (χ1n) is 10.7. The van der Waals surface area contributed by atoms with Crippen molar-refractivity contribution < 1.29 is 4.42 Å². The zero-order chi connectivity index (χ0) is 21.9. The predicted octanol–water partition coefficient (Wildman–Crippen LogP) is 4.63. The van der Waals surface area contributed by atoms with Gasteiger partial charge in [-0.2, -0.15) is 0 Å². The lowest BCUT2D eigenvalue weighted by Gasteiger charge is -2.38. The summed E-state index contributed by atoms with van der Waals surface area (Å²) in [5.74, 6) is 0.469. The standard InChI is InChI=1S/C26H21N3O3/c27-26(13-4-14-26)17-9-7-15(8-10-17)20-22(30)18-11-12-19-21(29-25(31)28-19)24(18)32-23(20)16-5-2-1-3-6-16/h1-3,5-12H,4,13-14,27H2,(H2,28,29,31). The first-order chi connectivity index (χ1) is 15.5. The van der Waals surface area contributed by atoms with E-state index in [0.717, 1.165) is 36.0 Å². The normalized spacial score (nSPS) is 15.2. The van der Waals surface area contributed by atoms with Crippen molar-refractivity contribution in [2.24, 2.45) is 5.73 Å². The molecule has 6 nitrogen and oxygen atoms in total. The number of benzene rings is 3. The number of nitrogens with one attached hydrogen (secondary N) is 2. The van der Waals surface area contributed by atoms with E-state index in [-0.39, 0.29) is 16.7 Å². The van der Waals surface area contributed by atoms with Crippen LogP contribution in [0, 0.1) is 0 Å². The smallest absolute Gasteiger partial charge is 0.323 e. The molecule has 1 fully saturated rings. The van der Waals surface area contributed by atoms with Crippen LogP contribution in [0.5, 0.6) is 0 Å². The van der Waals surface area contributed by atoms with Crippen molar-refractivity contribution >= 4 is 22.0 Å². The number of H-pyrrole nitrogens is 2. The summed E-state index contributed by atoms with van der Waals surface area (Å²) in [5, 5.41) is 0.417. The highest BCUT2D eigenvalue weighted by atomic mass is 16.3. The van der Waals surface area contributed by atoms with Crippen molar-refractivity contribution in [1.29, 1.82) is 0 Å². The molecule has 1 saturated carbocycles. The molecule has 2 heterocycles. The highest BCUT2D eigenvalue weighted by Crippen LogP contribution is 2.40. The molecule has 0 atom stereocenters. The molecule has 32 heavy (non-hydrogen) atoms. The number of imidazole rings is 1. The monoisotopic (exact) mass is 423 g/mol. The second-order valence-electron chi connectivity index (χ2n) is 8.53. The Morgan fingerprint density at radius 2 is 1.59 bits per heavy atom. The number of hydrogen-bond donors (Lipinski definition) is 3. The minimum atomic E-state index is -0.345. The molecule has 0 bridgehead atoms. The summed E-state index contributed by atoms with van der Waals surface area (Å²) < 4.78 is 6.36. The number of rotatable bonds is 3. The van der Waals surface area contributed by atoms with Gasteiger partial charge in [-0.05, 0) is 42.5 Å². The molecule has 4 N–H and O–H groups in total. The number of nitrogens with two attached hydrogens (primary N) is 1. The third kappa shape index (κ3) is 2.77. The highest BCUT2D eigenvalue weighted by molar-refractivity contribution is 6.02. The summed E-state index contributed by atoms with van der Waals surface area (Å²) in [6.07, 6.45) is 3.09. The van der Waals surface area contributed by atoms with E-state index in [1.165, 1.54) is 0 Å². The van der Waals surface area contributed by atoms with E-state index in [1.807, 2.05) is 54.6 Å². The number of hydrogen-bond acceptors (Lipinski definition) is 4. The van der Waals surface area contributed by atoms with Gasteiger partial charge in [-0.25, -0.2) is 4.79 Å². The average molecular weight is 423 g/mol. The highest BCUT2D eigenvalue weighted by Gasteiger charge is 2.34. The van der Waals surface area contributed by atoms with Crippen molar-refractivity contribution in [2.75, 3.05) is 0 Å². The van der Waals surface area contributed by atoms with Gasteiger partial charge in [0, 0.05) is 11.1 Å². The van der Waals surface area contributed by atoms with Gasteiger partial charge < -0.3 is 20.1 Å². The maximum Gasteiger partial charge on any atom is 0.323 e. The molecule has 0 saturated heterocycles. The van der Waals surface area contributed by atoms with Crippen molar-refractivity contribution in [3.05, 3.63) is 93.0 Å². The number of aromatic nitrogens is 2. The van der Waals surface area contributed by atoms with Crippen LogP contribution in [-0.4, -0.2) is 9.97 Å². The zero-order valence-corrected chi connectivity index (χ0v) is 17.3.